The molecule has 0 aliphatic rings. The minimum absolute atomic E-state index is 0.809. The molecular formula is C16H26N4O. The van der Waals surface area contributed by atoms with Crippen LogP contribution in [0.25, 0.3) is 0 Å². The molecule has 0 radical (unpaired) electrons. The third-order valence-corrected chi connectivity index (χ3v) is 3.45. The van der Waals surface area contributed by atoms with Crippen LogP contribution in [0.5, 0.6) is 0 Å². The fourth-order valence-corrected chi connectivity index (χ4v) is 2.43. The number of aromatic nitrogens is 2. The summed E-state index contributed by atoms with van der Waals surface area (Å²) in [7, 11) is 4.04. The standard InChI is InChI=1S/C16H26N4O/c1-5-6-17-9-15-7-16(21-13(15)2)12-19(3)10-14-8-18-20(4)11-14/h7-8,11,17H,5-6,9-10,12H2,1-4H3. The minimum atomic E-state index is 0.809. The molecule has 1 N–H and O–H groups in total. The maximum atomic E-state index is 5.86. The molecule has 0 unspecified atom stereocenters. The van der Waals surface area contributed by atoms with E-state index in [0.29, 0.717) is 0 Å². The van der Waals surface area contributed by atoms with Crippen molar-refractivity contribution in [1.82, 2.24) is 20.0 Å². The zero-order valence-electron chi connectivity index (χ0n) is 13.5. The third-order valence-electron chi connectivity index (χ3n) is 3.45. The lowest BCUT2D eigenvalue weighted by molar-refractivity contribution is 0.285. The number of nitrogens with zero attached hydrogens (tertiary/aromatic N) is 3. The maximum absolute atomic E-state index is 5.86. The van der Waals surface area contributed by atoms with Crippen molar-refractivity contribution in [3.8, 4) is 0 Å². The van der Waals surface area contributed by atoms with E-state index < -0.39 is 0 Å². The SMILES string of the molecule is CCCNCc1cc(CN(C)Cc2cnn(C)c2)oc1C. The smallest absolute Gasteiger partial charge is 0.118 e. The van der Waals surface area contributed by atoms with Crippen molar-refractivity contribution in [3.63, 3.8) is 0 Å². The first-order valence-corrected chi connectivity index (χ1v) is 7.53. The Hall–Kier alpha value is -1.59. The molecule has 2 rings (SSSR count). The Bertz CT molecular complexity index is 558. The van der Waals surface area contributed by atoms with Crippen LogP contribution in [0.4, 0.5) is 0 Å². The summed E-state index contributed by atoms with van der Waals surface area (Å²) in [5.74, 6) is 2.04. The van der Waals surface area contributed by atoms with Crippen LogP contribution in [0.3, 0.4) is 0 Å². The highest BCUT2D eigenvalue weighted by molar-refractivity contribution is 5.20. The summed E-state index contributed by atoms with van der Waals surface area (Å²) in [5.41, 5.74) is 2.47. The first kappa shape index (κ1) is 15.8. The molecule has 5 heteroatoms. The molecule has 21 heavy (non-hydrogen) atoms. The van der Waals surface area contributed by atoms with Gasteiger partial charge in [-0.3, -0.25) is 9.58 Å². The van der Waals surface area contributed by atoms with Gasteiger partial charge in [0.05, 0.1) is 12.7 Å². The van der Waals surface area contributed by atoms with Gasteiger partial charge in [-0.05, 0) is 33.0 Å². The molecule has 0 amide bonds. The van der Waals surface area contributed by atoms with Crippen LogP contribution >= 0.6 is 0 Å². The van der Waals surface area contributed by atoms with E-state index in [4.69, 9.17) is 4.42 Å². The van der Waals surface area contributed by atoms with Gasteiger partial charge in [-0.15, -0.1) is 0 Å². The minimum Gasteiger partial charge on any atom is -0.465 e. The van der Waals surface area contributed by atoms with Crippen LogP contribution in [-0.4, -0.2) is 28.3 Å². The molecule has 5 nitrogen and oxygen atoms in total. The summed E-state index contributed by atoms with van der Waals surface area (Å²) in [6.07, 6.45) is 5.10. The molecule has 0 fully saturated rings. The van der Waals surface area contributed by atoms with E-state index in [2.05, 4.69) is 35.4 Å². The average Bonchev–Trinajstić information content (AvgIpc) is 2.96. The predicted molar refractivity (Wildman–Crippen MR) is 83.8 cm³/mol. The lowest BCUT2D eigenvalue weighted by Gasteiger charge is -2.13. The Kier molecular flexibility index (Phi) is 5.59. The van der Waals surface area contributed by atoms with Gasteiger partial charge < -0.3 is 9.73 Å². The van der Waals surface area contributed by atoms with Gasteiger partial charge in [-0.1, -0.05) is 6.92 Å². The van der Waals surface area contributed by atoms with Crippen molar-refractivity contribution >= 4 is 0 Å². The van der Waals surface area contributed by atoms with Crippen LogP contribution in [0.1, 0.15) is 36.0 Å². The van der Waals surface area contributed by atoms with E-state index in [1.807, 2.05) is 31.0 Å². The molecule has 2 aromatic heterocycles. The zero-order chi connectivity index (χ0) is 15.2. The molecule has 116 valence electrons. The highest BCUT2D eigenvalue weighted by Crippen LogP contribution is 2.16. The van der Waals surface area contributed by atoms with Crippen LogP contribution in [-0.2, 0) is 26.7 Å². The summed E-state index contributed by atoms with van der Waals surface area (Å²) >= 11 is 0. The number of hydrogen-bond donors (Lipinski definition) is 1. The van der Waals surface area contributed by atoms with E-state index >= 15 is 0 Å². The van der Waals surface area contributed by atoms with Crippen LogP contribution in [0.15, 0.2) is 22.9 Å². The molecule has 0 spiro atoms. The second-order valence-electron chi connectivity index (χ2n) is 5.67. The van der Waals surface area contributed by atoms with E-state index in [0.717, 1.165) is 44.1 Å². The van der Waals surface area contributed by atoms with E-state index in [1.54, 1.807) is 0 Å². The number of aryl methyl sites for hydroxylation is 2. The van der Waals surface area contributed by atoms with Crippen LogP contribution < -0.4 is 5.32 Å². The van der Waals surface area contributed by atoms with Gasteiger partial charge >= 0.3 is 0 Å². The monoisotopic (exact) mass is 290 g/mol. The fraction of sp³-hybridized carbons (Fsp3) is 0.562. The molecule has 0 saturated heterocycles. The van der Waals surface area contributed by atoms with Crippen molar-refractivity contribution in [2.45, 2.75) is 39.9 Å². The van der Waals surface area contributed by atoms with E-state index in [1.165, 1.54) is 11.1 Å². The Morgan fingerprint density at radius 2 is 2.19 bits per heavy atom. The highest BCUT2D eigenvalue weighted by Gasteiger charge is 2.10. The van der Waals surface area contributed by atoms with Gasteiger partial charge in [0.25, 0.3) is 0 Å². The first-order chi connectivity index (χ1) is 10.1. The normalized spacial score (nSPS) is 11.5. The van der Waals surface area contributed by atoms with Crippen LogP contribution in [0, 0.1) is 6.92 Å². The molecule has 2 aromatic rings. The summed E-state index contributed by atoms with van der Waals surface area (Å²) in [6, 6.07) is 2.16. The summed E-state index contributed by atoms with van der Waals surface area (Å²) in [4.78, 5) is 2.23. The average molecular weight is 290 g/mol. The quantitative estimate of drug-likeness (QED) is 0.759. The Labute approximate surface area is 126 Å². The second-order valence-corrected chi connectivity index (χ2v) is 5.67. The van der Waals surface area contributed by atoms with Crippen molar-refractivity contribution < 1.29 is 4.42 Å². The van der Waals surface area contributed by atoms with E-state index in [-0.39, 0.29) is 0 Å². The van der Waals surface area contributed by atoms with Crippen LogP contribution in [0.2, 0.25) is 0 Å². The number of hydrogen-bond acceptors (Lipinski definition) is 4. The highest BCUT2D eigenvalue weighted by atomic mass is 16.3. The lowest BCUT2D eigenvalue weighted by Crippen LogP contribution is -2.16. The molecule has 0 bridgehead atoms. The zero-order valence-corrected chi connectivity index (χ0v) is 13.5. The molecule has 0 aliphatic heterocycles. The Balaban J connectivity index is 1.88. The summed E-state index contributed by atoms with van der Waals surface area (Å²) in [5, 5.41) is 7.61. The lowest BCUT2D eigenvalue weighted by atomic mass is 10.2. The number of nitrogens with one attached hydrogen (secondary N) is 1. The van der Waals surface area contributed by atoms with Crippen molar-refractivity contribution in [3.05, 3.63) is 41.1 Å². The molecule has 0 atom stereocenters. The third kappa shape index (κ3) is 4.72. The molecule has 0 aliphatic carbocycles. The van der Waals surface area contributed by atoms with E-state index in [9.17, 15) is 0 Å². The molecule has 2 heterocycles. The Morgan fingerprint density at radius 1 is 1.38 bits per heavy atom. The van der Waals surface area contributed by atoms with Gasteiger partial charge in [0.1, 0.15) is 11.5 Å². The Morgan fingerprint density at radius 3 is 2.86 bits per heavy atom. The van der Waals surface area contributed by atoms with Gasteiger partial charge in [0.2, 0.25) is 0 Å². The fourth-order valence-electron chi connectivity index (χ4n) is 2.43. The molecule has 0 saturated carbocycles. The largest absolute Gasteiger partial charge is 0.465 e. The predicted octanol–water partition coefficient (Wildman–Crippen LogP) is 2.45. The summed E-state index contributed by atoms with van der Waals surface area (Å²) < 4.78 is 7.69. The topological polar surface area (TPSA) is 46.2 Å². The second kappa shape index (κ2) is 7.43. The number of rotatable bonds is 8. The van der Waals surface area contributed by atoms with Gasteiger partial charge in [0.15, 0.2) is 0 Å². The maximum Gasteiger partial charge on any atom is 0.118 e. The van der Waals surface area contributed by atoms with Gasteiger partial charge in [-0.2, -0.15) is 5.10 Å². The first-order valence-electron chi connectivity index (χ1n) is 7.53. The van der Waals surface area contributed by atoms with Crippen molar-refractivity contribution in [2.75, 3.05) is 13.6 Å². The van der Waals surface area contributed by atoms with Crippen molar-refractivity contribution in [1.29, 1.82) is 0 Å². The number of furan rings is 1. The van der Waals surface area contributed by atoms with Gasteiger partial charge in [0, 0.05) is 37.5 Å². The van der Waals surface area contributed by atoms with Crippen molar-refractivity contribution in [2.24, 2.45) is 7.05 Å². The summed E-state index contributed by atoms with van der Waals surface area (Å²) in [6.45, 7) is 7.82. The molecule has 0 aromatic carbocycles. The molecular weight excluding hydrogens is 264 g/mol. The van der Waals surface area contributed by atoms with Gasteiger partial charge in [-0.25, -0.2) is 0 Å².